The third-order valence-corrected chi connectivity index (χ3v) is 4.84. The van der Waals surface area contributed by atoms with E-state index in [0.717, 1.165) is 38.2 Å². The molecule has 2 heterocycles. The number of imidazole rings is 1. The molecule has 0 spiro atoms. The van der Waals surface area contributed by atoms with E-state index >= 15 is 0 Å². The molecule has 1 aromatic carbocycles. The molecule has 1 atom stereocenters. The molecule has 0 aliphatic carbocycles. The maximum Gasteiger partial charge on any atom is 0.320 e. The number of hydrogen-bond donors (Lipinski definition) is 3. The van der Waals surface area contributed by atoms with E-state index in [0.29, 0.717) is 11.6 Å². The van der Waals surface area contributed by atoms with E-state index < -0.39 is 12.0 Å². The highest BCUT2D eigenvalue weighted by molar-refractivity contribution is 5.73. The van der Waals surface area contributed by atoms with Gasteiger partial charge in [0.1, 0.15) is 6.04 Å². The maximum atomic E-state index is 10.8. The van der Waals surface area contributed by atoms with Crippen LogP contribution in [-0.4, -0.2) is 46.3 Å². The first kappa shape index (κ1) is 17.4. The molecule has 1 aliphatic rings. The van der Waals surface area contributed by atoms with Gasteiger partial charge in [-0.05, 0) is 49.6 Å². The van der Waals surface area contributed by atoms with E-state index in [9.17, 15) is 4.79 Å². The summed E-state index contributed by atoms with van der Waals surface area (Å²) in [7, 11) is 0. The lowest BCUT2D eigenvalue weighted by Gasteiger charge is -2.33. The summed E-state index contributed by atoms with van der Waals surface area (Å²) in [6.45, 7) is 2.87. The van der Waals surface area contributed by atoms with Gasteiger partial charge in [-0.15, -0.1) is 0 Å². The minimum atomic E-state index is -1.02. The van der Waals surface area contributed by atoms with E-state index in [2.05, 4.69) is 22.0 Å². The molecule has 1 aliphatic heterocycles. The molecule has 25 heavy (non-hydrogen) atoms. The SMILES string of the molecule is NCC1CCN(c2ccc(-n3cnc(CC(N)C(=O)O)c3)cc2)CC1. The highest BCUT2D eigenvalue weighted by Crippen LogP contribution is 2.24. The summed E-state index contributed by atoms with van der Waals surface area (Å²) >= 11 is 0. The van der Waals surface area contributed by atoms with E-state index in [-0.39, 0.29) is 6.42 Å². The molecule has 0 amide bonds. The topological polar surface area (TPSA) is 110 Å². The Kier molecular flexibility index (Phi) is 5.35. The molecule has 7 heteroatoms. The van der Waals surface area contributed by atoms with Gasteiger partial charge in [-0.25, -0.2) is 4.98 Å². The van der Waals surface area contributed by atoms with Crippen molar-refractivity contribution < 1.29 is 9.90 Å². The smallest absolute Gasteiger partial charge is 0.320 e. The minimum absolute atomic E-state index is 0.219. The second-order valence-electron chi connectivity index (χ2n) is 6.60. The molecule has 5 N–H and O–H groups in total. The van der Waals surface area contributed by atoms with Crippen LogP contribution in [0.1, 0.15) is 18.5 Å². The lowest BCUT2D eigenvalue weighted by atomic mass is 9.97. The number of benzene rings is 1. The molecular formula is C18H25N5O2. The van der Waals surface area contributed by atoms with Crippen molar-refractivity contribution in [2.75, 3.05) is 24.5 Å². The Bertz CT molecular complexity index is 705. The summed E-state index contributed by atoms with van der Waals surface area (Å²) in [4.78, 5) is 17.5. The molecule has 1 saturated heterocycles. The van der Waals surface area contributed by atoms with Crippen LogP contribution in [0, 0.1) is 5.92 Å². The summed E-state index contributed by atoms with van der Waals surface area (Å²) in [6.07, 6.45) is 6.02. The van der Waals surface area contributed by atoms with Gasteiger partial charge in [0.05, 0.1) is 12.0 Å². The average Bonchev–Trinajstić information content (AvgIpc) is 3.10. The molecule has 0 bridgehead atoms. The zero-order chi connectivity index (χ0) is 17.8. The van der Waals surface area contributed by atoms with Crippen LogP contribution in [0.5, 0.6) is 0 Å². The van der Waals surface area contributed by atoms with Crippen LogP contribution in [-0.2, 0) is 11.2 Å². The lowest BCUT2D eigenvalue weighted by molar-refractivity contribution is -0.138. The van der Waals surface area contributed by atoms with Crippen molar-refractivity contribution in [3.8, 4) is 5.69 Å². The monoisotopic (exact) mass is 343 g/mol. The van der Waals surface area contributed by atoms with E-state index in [1.165, 1.54) is 5.69 Å². The van der Waals surface area contributed by atoms with Crippen molar-refractivity contribution in [3.05, 3.63) is 42.5 Å². The fraction of sp³-hybridized carbons (Fsp3) is 0.444. The zero-order valence-corrected chi connectivity index (χ0v) is 14.2. The number of anilines is 1. The van der Waals surface area contributed by atoms with Gasteiger partial charge in [0.15, 0.2) is 0 Å². The summed E-state index contributed by atoms with van der Waals surface area (Å²) < 4.78 is 1.88. The first-order chi connectivity index (χ1) is 12.1. The average molecular weight is 343 g/mol. The second kappa shape index (κ2) is 7.67. The van der Waals surface area contributed by atoms with Crippen LogP contribution in [0.2, 0.25) is 0 Å². The maximum absolute atomic E-state index is 10.8. The Hall–Kier alpha value is -2.38. The number of nitrogens with zero attached hydrogens (tertiary/aromatic N) is 3. The molecule has 2 aromatic rings. The van der Waals surface area contributed by atoms with E-state index in [1.807, 2.05) is 22.9 Å². The summed E-state index contributed by atoms with van der Waals surface area (Å²) in [5.41, 5.74) is 14.2. The fourth-order valence-electron chi connectivity index (χ4n) is 3.19. The van der Waals surface area contributed by atoms with Gasteiger partial charge in [0.25, 0.3) is 0 Å². The van der Waals surface area contributed by atoms with Crippen LogP contribution < -0.4 is 16.4 Å². The summed E-state index contributed by atoms with van der Waals surface area (Å²) in [5, 5.41) is 8.88. The normalized spacial score (nSPS) is 16.8. The molecule has 0 radical (unpaired) electrons. The fourth-order valence-corrected chi connectivity index (χ4v) is 3.19. The highest BCUT2D eigenvalue weighted by Gasteiger charge is 2.18. The number of aromatic nitrogens is 2. The standard InChI is InChI=1S/C18H25N5O2/c19-10-13-5-7-22(8-6-13)15-1-3-16(4-2-15)23-11-14(21-12-23)9-17(20)18(24)25/h1-4,11-13,17H,5-10,19-20H2,(H,24,25). The number of carbonyl (C=O) groups is 1. The number of nitrogens with two attached hydrogens (primary N) is 2. The van der Waals surface area contributed by atoms with E-state index in [1.54, 1.807) is 6.33 Å². The van der Waals surface area contributed by atoms with Crippen LogP contribution in [0.4, 0.5) is 5.69 Å². The van der Waals surface area contributed by atoms with Crippen molar-refractivity contribution >= 4 is 11.7 Å². The molecule has 7 nitrogen and oxygen atoms in total. The van der Waals surface area contributed by atoms with Crippen molar-refractivity contribution in [1.29, 1.82) is 0 Å². The predicted octanol–water partition coefficient (Wildman–Crippen LogP) is 1.00. The van der Waals surface area contributed by atoms with Gasteiger partial charge in [0.2, 0.25) is 0 Å². The first-order valence-electron chi connectivity index (χ1n) is 8.63. The third-order valence-electron chi connectivity index (χ3n) is 4.84. The van der Waals surface area contributed by atoms with Gasteiger partial charge in [0, 0.05) is 37.1 Å². The highest BCUT2D eigenvalue weighted by atomic mass is 16.4. The molecular weight excluding hydrogens is 318 g/mol. The number of piperidine rings is 1. The minimum Gasteiger partial charge on any atom is -0.480 e. The van der Waals surface area contributed by atoms with Crippen LogP contribution in [0.25, 0.3) is 5.69 Å². The van der Waals surface area contributed by atoms with Gasteiger partial charge < -0.3 is 26.0 Å². The number of rotatable bonds is 6. The molecule has 0 saturated carbocycles. The second-order valence-corrected chi connectivity index (χ2v) is 6.60. The first-order valence-corrected chi connectivity index (χ1v) is 8.63. The lowest BCUT2D eigenvalue weighted by Crippen LogP contribution is -2.36. The molecule has 1 fully saturated rings. The van der Waals surface area contributed by atoms with Crippen LogP contribution >= 0.6 is 0 Å². The number of carboxylic acids is 1. The van der Waals surface area contributed by atoms with Crippen molar-refractivity contribution in [2.45, 2.75) is 25.3 Å². The number of carboxylic acid groups (broad SMARTS) is 1. The van der Waals surface area contributed by atoms with E-state index in [4.69, 9.17) is 16.6 Å². The Morgan fingerprint density at radius 1 is 1.24 bits per heavy atom. The van der Waals surface area contributed by atoms with Gasteiger partial charge in [-0.2, -0.15) is 0 Å². The zero-order valence-electron chi connectivity index (χ0n) is 14.2. The summed E-state index contributed by atoms with van der Waals surface area (Å²) in [5.74, 6) is -0.366. The molecule has 134 valence electrons. The van der Waals surface area contributed by atoms with Crippen LogP contribution in [0.3, 0.4) is 0 Å². The predicted molar refractivity (Wildman–Crippen MR) is 96.9 cm³/mol. The van der Waals surface area contributed by atoms with Crippen molar-refractivity contribution in [1.82, 2.24) is 9.55 Å². The quantitative estimate of drug-likeness (QED) is 0.722. The Balaban J connectivity index is 1.65. The Morgan fingerprint density at radius 2 is 1.88 bits per heavy atom. The third kappa shape index (κ3) is 4.18. The van der Waals surface area contributed by atoms with Gasteiger partial charge >= 0.3 is 5.97 Å². The Morgan fingerprint density at radius 3 is 2.48 bits per heavy atom. The van der Waals surface area contributed by atoms with Crippen molar-refractivity contribution in [3.63, 3.8) is 0 Å². The Labute approximate surface area is 147 Å². The van der Waals surface area contributed by atoms with Gasteiger partial charge in [-0.1, -0.05) is 0 Å². The van der Waals surface area contributed by atoms with Crippen LogP contribution in [0.15, 0.2) is 36.8 Å². The van der Waals surface area contributed by atoms with Crippen molar-refractivity contribution in [2.24, 2.45) is 17.4 Å². The largest absolute Gasteiger partial charge is 0.480 e. The molecule has 3 rings (SSSR count). The summed E-state index contributed by atoms with van der Waals surface area (Å²) in [6, 6.07) is 7.39. The molecule has 1 unspecified atom stereocenters. The number of hydrogen-bond acceptors (Lipinski definition) is 5. The molecule has 1 aromatic heterocycles. The van der Waals surface area contributed by atoms with Gasteiger partial charge in [-0.3, -0.25) is 4.79 Å². The number of aliphatic carboxylic acids is 1.